The SMILES string of the molecule is C[C@H](NC(=O)c1ccc2nc(-c3ccc(F)cc3)cn2c1)c1cccs1. The molecule has 3 heterocycles. The Bertz CT molecular complexity index is 1050. The van der Waals surface area contributed by atoms with Gasteiger partial charge in [0.15, 0.2) is 0 Å². The Labute approximate surface area is 153 Å². The van der Waals surface area contributed by atoms with Crippen molar-refractivity contribution < 1.29 is 9.18 Å². The van der Waals surface area contributed by atoms with Crippen LogP contribution in [0.25, 0.3) is 16.9 Å². The van der Waals surface area contributed by atoms with E-state index in [1.54, 1.807) is 41.8 Å². The van der Waals surface area contributed by atoms with Crippen LogP contribution in [0, 0.1) is 5.82 Å². The summed E-state index contributed by atoms with van der Waals surface area (Å²) in [6.45, 7) is 1.96. The van der Waals surface area contributed by atoms with Crippen LogP contribution in [0.5, 0.6) is 0 Å². The first-order valence-electron chi connectivity index (χ1n) is 8.19. The van der Waals surface area contributed by atoms with Crippen LogP contribution >= 0.6 is 11.3 Å². The molecule has 0 aliphatic heterocycles. The highest BCUT2D eigenvalue weighted by atomic mass is 32.1. The minimum absolute atomic E-state index is 0.0456. The quantitative estimate of drug-likeness (QED) is 0.570. The smallest absolute Gasteiger partial charge is 0.253 e. The van der Waals surface area contributed by atoms with E-state index >= 15 is 0 Å². The Morgan fingerprint density at radius 1 is 1.15 bits per heavy atom. The van der Waals surface area contributed by atoms with Gasteiger partial charge in [-0.2, -0.15) is 0 Å². The third kappa shape index (κ3) is 3.23. The van der Waals surface area contributed by atoms with E-state index in [0.717, 1.165) is 21.8 Å². The highest BCUT2D eigenvalue weighted by Crippen LogP contribution is 2.21. The molecule has 4 rings (SSSR count). The molecule has 1 N–H and O–H groups in total. The molecule has 1 atom stereocenters. The van der Waals surface area contributed by atoms with Gasteiger partial charge in [-0.05, 0) is 54.8 Å². The van der Waals surface area contributed by atoms with E-state index in [1.165, 1.54) is 12.1 Å². The number of halogens is 1. The number of hydrogen-bond acceptors (Lipinski definition) is 3. The second-order valence-electron chi connectivity index (χ2n) is 6.03. The Hall–Kier alpha value is -2.99. The first-order chi connectivity index (χ1) is 12.6. The molecule has 0 radical (unpaired) electrons. The van der Waals surface area contributed by atoms with E-state index in [2.05, 4.69) is 10.3 Å². The molecule has 0 saturated carbocycles. The molecule has 0 aliphatic rings. The maximum absolute atomic E-state index is 13.1. The van der Waals surface area contributed by atoms with Gasteiger partial charge < -0.3 is 9.72 Å². The largest absolute Gasteiger partial charge is 0.345 e. The van der Waals surface area contributed by atoms with Crippen molar-refractivity contribution in [2.75, 3.05) is 0 Å². The van der Waals surface area contributed by atoms with Crippen LogP contribution in [0.2, 0.25) is 0 Å². The summed E-state index contributed by atoms with van der Waals surface area (Å²) in [7, 11) is 0. The van der Waals surface area contributed by atoms with E-state index < -0.39 is 0 Å². The molecule has 1 aromatic carbocycles. The maximum Gasteiger partial charge on any atom is 0.253 e. The number of pyridine rings is 1. The molecular weight excluding hydrogens is 349 g/mol. The second kappa shape index (κ2) is 6.72. The molecule has 0 aliphatic carbocycles. The van der Waals surface area contributed by atoms with Crippen molar-refractivity contribution in [1.29, 1.82) is 0 Å². The van der Waals surface area contributed by atoms with E-state index in [9.17, 15) is 9.18 Å². The van der Waals surface area contributed by atoms with Crippen molar-refractivity contribution in [2.45, 2.75) is 13.0 Å². The molecule has 26 heavy (non-hydrogen) atoms. The predicted octanol–water partition coefficient (Wildman–Crippen LogP) is 4.69. The van der Waals surface area contributed by atoms with Crippen LogP contribution in [-0.4, -0.2) is 15.3 Å². The highest BCUT2D eigenvalue weighted by Gasteiger charge is 2.13. The molecule has 0 unspecified atom stereocenters. The van der Waals surface area contributed by atoms with Crippen molar-refractivity contribution in [3.8, 4) is 11.3 Å². The Morgan fingerprint density at radius 3 is 2.69 bits per heavy atom. The number of rotatable bonds is 4. The molecule has 4 nitrogen and oxygen atoms in total. The van der Waals surface area contributed by atoms with Crippen molar-refractivity contribution in [3.63, 3.8) is 0 Å². The van der Waals surface area contributed by atoms with Crippen molar-refractivity contribution in [1.82, 2.24) is 14.7 Å². The summed E-state index contributed by atoms with van der Waals surface area (Å²) in [5.41, 5.74) is 2.85. The van der Waals surface area contributed by atoms with Gasteiger partial charge in [0.1, 0.15) is 11.5 Å². The van der Waals surface area contributed by atoms with E-state index in [4.69, 9.17) is 0 Å². The summed E-state index contributed by atoms with van der Waals surface area (Å²) >= 11 is 1.62. The summed E-state index contributed by atoms with van der Waals surface area (Å²) in [5, 5.41) is 5.00. The van der Waals surface area contributed by atoms with Gasteiger partial charge in [-0.1, -0.05) is 6.07 Å². The fourth-order valence-electron chi connectivity index (χ4n) is 2.77. The summed E-state index contributed by atoms with van der Waals surface area (Å²) in [5.74, 6) is -0.416. The van der Waals surface area contributed by atoms with Gasteiger partial charge in [-0.3, -0.25) is 4.79 Å². The van der Waals surface area contributed by atoms with E-state index in [0.29, 0.717) is 5.56 Å². The van der Waals surface area contributed by atoms with Gasteiger partial charge >= 0.3 is 0 Å². The maximum atomic E-state index is 13.1. The zero-order valence-electron chi connectivity index (χ0n) is 14.0. The minimum Gasteiger partial charge on any atom is -0.345 e. The lowest BCUT2D eigenvalue weighted by atomic mass is 10.2. The van der Waals surface area contributed by atoms with Crippen molar-refractivity contribution in [2.24, 2.45) is 0 Å². The average molecular weight is 365 g/mol. The first-order valence-corrected chi connectivity index (χ1v) is 9.07. The highest BCUT2D eigenvalue weighted by molar-refractivity contribution is 7.10. The molecule has 0 fully saturated rings. The molecule has 3 aromatic heterocycles. The van der Waals surface area contributed by atoms with Gasteiger partial charge in [0.05, 0.1) is 17.3 Å². The third-order valence-corrected chi connectivity index (χ3v) is 5.23. The molecule has 130 valence electrons. The lowest BCUT2D eigenvalue weighted by molar-refractivity contribution is 0.0940. The zero-order chi connectivity index (χ0) is 18.1. The predicted molar refractivity (Wildman–Crippen MR) is 101 cm³/mol. The number of thiophene rings is 1. The number of nitrogens with zero attached hydrogens (tertiary/aromatic N) is 2. The Morgan fingerprint density at radius 2 is 1.96 bits per heavy atom. The van der Waals surface area contributed by atoms with Gasteiger partial charge in [-0.25, -0.2) is 9.37 Å². The van der Waals surface area contributed by atoms with Crippen LogP contribution in [0.3, 0.4) is 0 Å². The van der Waals surface area contributed by atoms with Crippen LogP contribution in [0.4, 0.5) is 4.39 Å². The average Bonchev–Trinajstić information content (AvgIpc) is 3.31. The number of fused-ring (bicyclic) bond motifs is 1. The number of imidazole rings is 1. The van der Waals surface area contributed by atoms with Gasteiger partial charge in [0.25, 0.3) is 5.91 Å². The third-order valence-electron chi connectivity index (χ3n) is 4.17. The van der Waals surface area contributed by atoms with Crippen LogP contribution in [-0.2, 0) is 0 Å². The summed E-state index contributed by atoms with van der Waals surface area (Å²) in [6, 6.07) is 13.7. The molecule has 1 amide bonds. The number of carbonyl (C=O) groups excluding carboxylic acids is 1. The van der Waals surface area contributed by atoms with E-state index in [1.807, 2.05) is 35.0 Å². The number of aromatic nitrogens is 2. The lowest BCUT2D eigenvalue weighted by Crippen LogP contribution is -2.26. The van der Waals surface area contributed by atoms with Crippen LogP contribution in [0.15, 0.2) is 66.3 Å². The van der Waals surface area contributed by atoms with Crippen molar-refractivity contribution >= 4 is 22.9 Å². The Balaban J connectivity index is 1.59. The molecule has 0 bridgehead atoms. The topological polar surface area (TPSA) is 46.4 Å². The van der Waals surface area contributed by atoms with E-state index in [-0.39, 0.29) is 17.8 Å². The summed E-state index contributed by atoms with van der Waals surface area (Å²) in [6.07, 6.45) is 3.59. The number of nitrogens with one attached hydrogen (secondary N) is 1. The standard InChI is InChI=1S/C20H16FN3OS/c1-13(18-3-2-10-26-18)22-20(25)15-6-9-19-23-17(12-24(19)11-15)14-4-7-16(21)8-5-14/h2-13H,1H3,(H,22,25)/t13-/m0/s1. The number of benzene rings is 1. The van der Waals surface area contributed by atoms with Crippen LogP contribution in [0.1, 0.15) is 28.2 Å². The number of amides is 1. The number of carbonyl (C=O) groups is 1. The molecular formula is C20H16FN3OS. The van der Waals surface area contributed by atoms with Crippen LogP contribution < -0.4 is 5.32 Å². The molecule has 0 saturated heterocycles. The lowest BCUT2D eigenvalue weighted by Gasteiger charge is -2.12. The zero-order valence-corrected chi connectivity index (χ0v) is 14.8. The summed E-state index contributed by atoms with van der Waals surface area (Å²) in [4.78, 5) is 18.2. The van der Waals surface area contributed by atoms with Gasteiger partial charge in [-0.15, -0.1) is 11.3 Å². The summed E-state index contributed by atoms with van der Waals surface area (Å²) < 4.78 is 14.9. The molecule has 0 spiro atoms. The number of hydrogen-bond donors (Lipinski definition) is 1. The minimum atomic E-state index is -0.281. The van der Waals surface area contributed by atoms with Gasteiger partial charge in [0, 0.05) is 22.8 Å². The normalized spacial score (nSPS) is 12.2. The second-order valence-corrected chi connectivity index (χ2v) is 7.01. The van der Waals surface area contributed by atoms with Crippen molar-refractivity contribution in [3.05, 3.63) is 82.6 Å². The fraction of sp³-hybridized carbons (Fsp3) is 0.100. The molecule has 6 heteroatoms. The molecule has 4 aromatic rings. The monoisotopic (exact) mass is 365 g/mol. The Kier molecular flexibility index (Phi) is 4.26. The fourth-order valence-corrected chi connectivity index (χ4v) is 3.51. The first kappa shape index (κ1) is 16.5. The van der Waals surface area contributed by atoms with Gasteiger partial charge in [0.2, 0.25) is 0 Å².